The molecule has 4 heteroatoms. The summed E-state index contributed by atoms with van der Waals surface area (Å²) in [6, 6.07) is -0.368. The van der Waals surface area contributed by atoms with Gasteiger partial charge in [0.25, 0.3) is 0 Å². The third-order valence-electron chi connectivity index (χ3n) is 3.15. The molecule has 1 heterocycles. The molecule has 0 aliphatic carbocycles. The molecular formula is C11H21NO3. The quantitative estimate of drug-likeness (QED) is 0.728. The summed E-state index contributed by atoms with van der Waals surface area (Å²) in [6.07, 6.45) is 2.05. The summed E-state index contributed by atoms with van der Waals surface area (Å²) < 4.78 is 0. The lowest BCUT2D eigenvalue weighted by molar-refractivity contribution is -0.147. The lowest BCUT2D eigenvalue weighted by Gasteiger charge is -2.38. The van der Waals surface area contributed by atoms with Gasteiger partial charge in [0.1, 0.15) is 6.04 Å². The number of rotatable bonds is 4. The molecule has 0 amide bonds. The van der Waals surface area contributed by atoms with Gasteiger partial charge in [-0.3, -0.25) is 9.69 Å². The molecule has 1 aliphatic rings. The van der Waals surface area contributed by atoms with Gasteiger partial charge < -0.3 is 10.2 Å². The molecule has 0 aromatic heterocycles. The van der Waals surface area contributed by atoms with Crippen LogP contribution in [-0.4, -0.2) is 46.8 Å². The van der Waals surface area contributed by atoms with Crippen molar-refractivity contribution in [2.24, 2.45) is 11.8 Å². The molecule has 0 radical (unpaired) electrons. The first kappa shape index (κ1) is 12.5. The fraction of sp³-hybridized carbons (Fsp3) is 0.909. The normalized spacial score (nSPS) is 30.1. The fourth-order valence-electron chi connectivity index (χ4n) is 2.34. The van der Waals surface area contributed by atoms with Crippen molar-refractivity contribution in [1.29, 1.82) is 0 Å². The summed E-state index contributed by atoms with van der Waals surface area (Å²) in [6.45, 7) is 5.58. The van der Waals surface area contributed by atoms with Crippen LogP contribution in [0.15, 0.2) is 0 Å². The zero-order valence-electron chi connectivity index (χ0n) is 9.52. The van der Waals surface area contributed by atoms with Gasteiger partial charge in [-0.25, -0.2) is 0 Å². The largest absolute Gasteiger partial charge is 0.480 e. The topological polar surface area (TPSA) is 60.8 Å². The van der Waals surface area contributed by atoms with E-state index in [4.69, 9.17) is 10.2 Å². The van der Waals surface area contributed by atoms with E-state index < -0.39 is 5.97 Å². The Morgan fingerprint density at radius 3 is 2.80 bits per heavy atom. The number of hydrogen-bond donors (Lipinski definition) is 2. The van der Waals surface area contributed by atoms with Crippen LogP contribution in [0.5, 0.6) is 0 Å². The highest BCUT2D eigenvalue weighted by Gasteiger charge is 2.34. The Balaban J connectivity index is 2.62. The third-order valence-corrected chi connectivity index (χ3v) is 3.15. The van der Waals surface area contributed by atoms with Crippen LogP contribution in [0, 0.1) is 11.8 Å². The number of carboxylic acids is 1. The number of likely N-dealkylation sites (tertiary alicyclic amines) is 1. The number of aliphatic hydroxyl groups excluding tert-OH is 1. The molecule has 4 nitrogen and oxygen atoms in total. The van der Waals surface area contributed by atoms with E-state index in [9.17, 15) is 4.79 Å². The molecular weight excluding hydrogens is 194 g/mol. The zero-order chi connectivity index (χ0) is 11.4. The van der Waals surface area contributed by atoms with Crippen molar-refractivity contribution in [2.45, 2.75) is 32.7 Å². The monoisotopic (exact) mass is 215 g/mol. The Bertz CT molecular complexity index is 220. The van der Waals surface area contributed by atoms with Crippen LogP contribution >= 0.6 is 0 Å². The number of carboxylic acid groups (broad SMARTS) is 1. The van der Waals surface area contributed by atoms with Gasteiger partial charge in [-0.05, 0) is 31.2 Å². The molecule has 0 saturated carbocycles. The van der Waals surface area contributed by atoms with E-state index >= 15 is 0 Å². The Morgan fingerprint density at radius 1 is 1.60 bits per heavy atom. The van der Waals surface area contributed by atoms with Crippen LogP contribution in [0.25, 0.3) is 0 Å². The number of aliphatic carboxylic acids is 1. The maximum Gasteiger partial charge on any atom is 0.321 e. The summed E-state index contributed by atoms with van der Waals surface area (Å²) >= 11 is 0. The van der Waals surface area contributed by atoms with Crippen LogP contribution in [-0.2, 0) is 4.79 Å². The minimum Gasteiger partial charge on any atom is -0.480 e. The van der Waals surface area contributed by atoms with Gasteiger partial charge in [0, 0.05) is 13.2 Å². The number of aliphatic hydroxyl groups is 1. The van der Waals surface area contributed by atoms with E-state index in [1.54, 1.807) is 0 Å². The number of piperidine rings is 1. The van der Waals surface area contributed by atoms with Crippen LogP contribution in [0.2, 0.25) is 0 Å². The Hall–Kier alpha value is -0.610. The Kier molecular flexibility index (Phi) is 4.54. The first-order valence-electron chi connectivity index (χ1n) is 5.64. The molecule has 0 aromatic carbocycles. The van der Waals surface area contributed by atoms with Gasteiger partial charge in [-0.1, -0.05) is 13.8 Å². The molecule has 1 rings (SSSR count). The van der Waals surface area contributed by atoms with Crippen molar-refractivity contribution < 1.29 is 15.0 Å². The van der Waals surface area contributed by atoms with Gasteiger partial charge in [0.15, 0.2) is 0 Å². The molecule has 1 saturated heterocycles. The van der Waals surface area contributed by atoms with Crippen LogP contribution in [0.4, 0.5) is 0 Å². The predicted molar refractivity (Wildman–Crippen MR) is 57.6 cm³/mol. The van der Waals surface area contributed by atoms with Gasteiger partial charge in [0.05, 0.1) is 0 Å². The van der Waals surface area contributed by atoms with Crippen molar-refractivity contribution in [3.63, 3.8) is 0 Å². The maximum absolute atomic E-state index is 11.1. The highest BCUT2D eigenvalue weighted by molar-refractivity contribution is 5.74. The van der Waals surface area contributed by atoms with Crippen molar-refractivity contribution in [3.8, 4) is 0 Å². The second kappa shape index (κ2) is 5.47. The summed E-state index contributed by atoms with van der Waals surface area (Å²) in [5.74, 6) is -0.369. The number of nitrogens with zero attached hydrogens (tertiary/aromatic N) is 1. The Labute approximate surface area is 90.9 Å². The van der Waals surface area contributed by atoms with E-state index in [0.717, 1.165) is 19.4 Å². The zero-order valence-corrected chi connectivity index (χ0v) is 9.52. The van der Waals surface area contributed by atoms with E-state index in [1.165, 1.54) is 0 Å². The molecule has 3 unspecified atom stereocenters. The molecule has 1 aliphatic heterocycles. The van der Waals surface area contributed by atoms with Gasteiger partial charge in [-0.2, -0.15) is 0 Å². The highest BCUT2D eigenvalue weighted by atomic mass is 16.4. The molecule has 1 fully saturated rings. The maximum atomic E-state index is 11.1. The van der Waals surface area contributed by atoms with Crippen LogP contribution in [0.1, 0.15) is 26.7 Å². The molecule has 2 N–H and O–H groups in total. The molecule has 88 valence electrons. The second-order valence-electron chi connectivity index (χ2n) is 4.69. The third kappa shape index (κ3) is 3.18. The summed E-state index contributed by atoms with van der Waals surface area (Å²) in [7, 11) is 0. The van der Waals surface area contributed by atoms with Crippen molar-refractivity contribution >= 4 is 5.97 Å². The van der Waals surface area contributed by atoms with Gasteiger partial charge in [-0.15, -0.1) is 0 Å². The molecule has 15 heavy (non-hydrogen) atoms. The minimum atomic E-state index is -0.729. The van der Waals surface area contributed by atoms with Crippen molar-refractivity contribution in [1.82, 2.24) is 4.90 Å². The summed E-state index contributed by atoms with van der Waals surface area (Å²) in [5, 5.41) is 18.1. The van der Waals surface area contributed by atoms with Crippen molar-refractivity contribution in [3.05, 3.63) is 0 Å². The minimum absolute atomic E-state index is 0.122. The molecule has 3 atom stereocenters. The second-order valence-corrected chi connectivity index (χ2v) is 4.69. The number of hydrogen-bond acceptors (Lipinski definition) is 3. The first-order valence-corrected chi connectivity index (χ1v) is 5.64. The smallest absolute Gasteiger partial charge is 0.321 e. The van der Waals surface area contributed by atoms with Crippen LogP contribution in [0.3, 0.4) is 0 Å². The first-order chi connectivity index (χ1) is 7.06. The van der Waals surface area contributed by atoms with Gasteiger partial charge in [0.2, 0.25) is 0 Å². The average Bonchev–Trinajstić information content (AvgIpc) is 2.17. The van der Waals surface area contributed by atoms with E-state index in [0.29, 0.717) is 6.54 Å². The van der Waals surface area contributed by atoms with E-state index in [2.05, 4.69) is 0 Å². The Morgan fingerprint density at radius 2 is 2.27 bits per heavy atom. The standard InChI is InChI=1S/C11H21NO3/c1-8(7-13)6-12-5-3-4-9(2)10(12)11(14)15/h8-10,13H,3-7H2,1-2H3,(H,14,15). The summed E-state index contributed by atoms with van der Waals surface area (Å²) in [4.78, 5) is 13.1. The lowest BCUT2D eigenvalue weighted by atomic mass is 9.90. The van der Waals surface area contributed by atoms with Crippen molar-refractivity contribution in [2.75, 3.05) is 19.7 Å². The van der Waals surface area contributed by atoms with E-state index in [-0.39, 0.29) is 24.5 Å². The van der Waals surface area contributed by atoms with Gasteiger partial charge >= 0.3 is 5.97 Å². The van der Waals surface area contributed by atoms with Crippen LogP contribution < -0.4 is 0 Å². The summed E-state index contributed by atoms with van der Waals surface area (Å²) in [5.41, 5.74) is 0. The average molecular weight is 215 g/mol. The molecule has 0 bridgehead atoms. The highest BCUT2D eigenvalue weighted by Crippen LogP contribution is 2.24. The predicted octanol–water partition coefficient (Wildman–Crippen LogP) is 0.800. The van der Waals surface area contributed by atoms with E-state index in [1.807, 2.05) is 18.7 Å². The fourth-order valence-corrected chi connectivity index (χ4v) is 2.34. The SMILES string of the molecule is CC(CO)CN1CCCC(C)C1C(=O)O. The lowest BCUT2D eigenvalue weighted by Crippen LogP contribution is -2.50. The molecule has 0 spiro atoms. The molecule has 0 aromatic rings. The number of carbonyl (C=O) groups is 1.